The lowest BCUT2D eigenvalue weighted by molar-refractivity contribution is -0.152. The van der Waals surface area contributed by atoms with Gasteiger partial charge in [-0.3, -0.25) is 9.36 Å². The normalized spacial score (nSPS) is 16.1. The standard InChI is InChI=1S/C22H37O7PSi/c1-22(2,3)31(7,8)29-19(21(24)27-5)14-18(20(23)26-4)16-30(6,25)28-15-17-12-10-9-11-13-17/h9-13,18-19H,14-16H2,1-8H3/t18-,19-,30?/m1/s1. The third-order valence-electron chi connectivity index (χ3n) is 5.64. The van der Waals surface area contributed by atoms with E-state index in [9.17, 15) is 14.2 Å². The Kier molecular flexibility index (Phi) is 10.1. The monoisotopic (exact) mass is 472 g/mol. The maximum absolute atomic E-state index is 13.1. The quantitative estimate of drug-likeness (QED) is 0.258. The van der Waals surface area contributed by atoms with Crippen LogP contribution in [0.3, 0.4) is 0 Å². The Balaban J connectivity index is 3.00. The Morgan fingerprint density at radius 3 is 2.06 bits per heavy atom. The molecule has 0 aliphatic heterocycles. The molecule has 1 unspecified atom stereocenters. The van der Waals surface area contributed by atoms with E-state index in [2.05, 4.69) is 20.8 Å². The fourth-order valence-electron chi connectivity index (χ4n) is 2.77. The van der Waals surface area contributed by atoms with Crippen LogP contribution in [0.25, 0.3) is 0 Å². The first-order valence-electron chi connectivity index (χ1n) is 10.3. The first-order chi connectivity index (χ1) is 14.2. The van der Waals surface area contributed by atoms with Crippen LogP contribution in [-0.4, -0.2) is 53.4 Å². The number of hydrogen-bond acceptors (Lipinski definition) is 7. The number of carbonyl (C=O) groups is 2. The predicted molar refractivity (Wildman–Crippen MR) is 124 cm³/mol. The van der Waals surface area contributed by atoms with E-state index in [1.165, 1.54) is 20.9 Å². The maximum atomic E-state index is 13.1. The van der Waals surface area contributed by atoms with E-state index in [4.69, 9.17) is 18.4 Å². The van der Waals surface area contributed by atoms with Gasteiger partial charge in [-0.2, -0.15) is 0 Å². The fraction of sp³-hybridized carbons (Fsp3) is 0.636. The summed E-state index contributed by atoms with van der Waals surface area (Å²) in [6.07, 6.45) is -0.997. The molecule has 0 aromatic heterocycles. The van der Waals surface area contributed by atoms with Crippen LogP contribution in [-0.2, 0) is 39.2 Å². The first-order valence-corrected chi connectivity index (χ1v) is 15.5. The van der Waals surface area contributed by atoms with Gasteiger partial charge < -0.3 is 18.4 Å². The highest BCUT2D eigenvalue weighted by atomic mass is 31.2. The van der Waals surface area contributed by atoms with E-state index in [1.807, 2.05) is 43.4 Å². The number of methoxy groups -OCH3 is 2. The second-order valence-electron chi connectivity index (χ2n) is 9.30. The zero-order chi connectivity index (χ0) is 23.9. The van der Waals surface area contributed by atoms with Gasteiger partial charge in [0.2, 0.25) is 7.37 Å². The number of ether oxygens (including phenoxy) is 2. The van der Waals surface area contributed by atoms with E-state index in [0.717, 1.165) is 5.56 Å². The first kappa shape index (κ1) is 27.6. The van der Waals surface area contributed by atoms with Gasteiger partial charge in [0.1, 0.15) is 6.10 Å². The Morgan fingerprint density at radius 2 is 1.58 bits per heavy atom. The molecule has 0 saturated carbocycles. The van der Waals surface area contributed by atoms with Crippen molar-refractivity contribution in [3.8, 4) is 0 Å². The summed E-state index contributed by atoms with van der Waals surface area (Å²) >= 11 is 0. The van der Waals surface area contributed by atoms with Crippen LogP contribution in [0.4, 0.5) is 0 Å². The highest BCUT2D eigenvalue weighted by Gasteiger charge is 2.43. The summed E-state index contributed by atoms with van der Waals surface area (Å²) in [7, 11) is -2.94. The van der Waals surface area contributed by atoms with Crippen molar-refractivity contribution in [2.45, 2.75) is 58.0 Å². The molecule has 1 rings (SSSR count). The summed E-state index contributed by atoms with van der Waals surface area (Å²) in [5, 5.41) is -0.140. The van der Waals surface area contributed by atoms with Crippen LogP contribution in [0.2, 0.25) is 18.1 Å². The Labute approximate surface area is 187 Å². The summed E-state index contributed by atoms with van der Waals surface area (Å²) in [6, 6.07) is 9.37. The number of carbonyl (C=O) groups excluding carboxylic acids is 2. The van der Waals surface area contributed by atoms with Gasteiger partial charge in [0.25, 0.3) is 0 Å². The lowest BCUT2D eigenvalue weighted by atomic mass is 10.0. The van der Waals surface area contributed by atoms with Crippen LogP contribution in [0, 0.1) is 5.92 Å². The van der Waals surface area contributed by atoms with Crippen LogP contribution in [0.5, 0.6) is 0 Å². The molecule has 0 radical (unpaired) electrons. The van der Waals surface area contributed by atoms with Crippen molar-refractivity contribution in [1.82, 2.24) is 0 Å². The van der Waals surface area contributed by atoms with E-state index in [1.54, 1.807) is 0 Å². The van der Waals surface area contributed by atoms with Gasteiger partial charge in [-0.1, -0.05) is 51.1 Å². The SMILES string of the molecule is COC(=O)[C@H](C[C@@H](O[Si](C)(C)C(C)(C)C)C(=O)OC)CP(C)(=O)OCc1ccccc1. The summed E-state index contributed by atoms with van der Waals surface area (Å²) in [6.45, 7) is 11.9. The molecule has 9 heteroatoms. The Morgan fingerprint density at radius 1 is 1.03 bits per heavy atom. The molecule has 3 atom stereocenters. The van der Waals surface area contributed by atoms with E-state index < -0.39 is 39.6 Å². The van der Waals surface area contributed by atoms with Gasteiger partial charge in [-0.05, 0) is 30.1 Å². The molecular weight excluding hydrogens is 435 g/mol. The maximum Gasteiger partial charge on any atom is 0.333 e. The molecule has 31 heavy (non-hydrogen) atoms. The molecular formula is C22H37O7PSi. The second-order valence-corrected chi connectivity index (χ2v) is 16.7. The largest absolute Gasteiger partial charge is 0.469 e. The van der Waals surface area contributed by atoms with Crippen molar-refractivity contribution in [2.75, 3.05) is 27.0 Å². The Hall–Kier alpha value is -1.47. The summed E-state index contributed by atoms with van der Waals surface area (Å²) < 4.78 is 34.9. The van der Waals surface area contributed by atoms with Crippen molar-refractivity contribution >= 4 is 27.6 Å². The molecule has 7 nitrogen and oxygen atoms in total. The van der Waals surface area contributed by atoms with Gasteiger partial charge >= 0.3 is 11.9 Å². The summed E-state index contributed by atoms with van der Waals surface area (Å²) in [4.78, 5) is 24.9. The van der Waals surface area contributed by atoms with Gasteiger partial charge in [-0.25, -0.2) is 4.79 Å². The minimum Gasteiger partial charge on any atom is -0.469 e. The molecule has 0 N–H and O–H groups in total. The van der Waals surface area contributed by atoms with Gasteiger partial charge in [0.05, 0.1) is 26.7 Å². The van der Waals surface area contributed by atoms with Crippen LogP contribution in [0.1, 0.15) is 32.8 Å². The van der Waals surface area contributed by atoms with Crippen molar-refractivity contribution in [2.24, 2.45) is 5.92 Å². The average Bonchev–Trinajstić information content (AvgIpc) is 2.69. The van der Waals surface area contributed by atoms with Crippen LogP contribution < -0.4 is 0 Å². The molecule has 0 aliphatic rings. The zero-order valence-corrected chi connectivity index (χ0v) is 21.9. The molecule has 1 aromatic rings. The lowest BCUT2D eigenvalue weighted by Gasteiger charge is -2.39. The predicted octanol–water partition coefficient (Wildman–Crippen LogP) is 4.85. The third kappa shape index (κ3) is 8.89. The molecule has 0 fully saturated rings. The van der Waals surface area contributed by atoms with Crippen molar-refractivity contribution in [3.05, 3.63) is 35.9 Å². The fourth-order valence-corrected chi connectivity index (χ4v) is 5.65. The second kappa shape index (κ2) is 11.4. The lowest BCUT2D eigenvalue weighted by Crippen LogP contribution is -2.47. The minimum absolute atomic E-state index is 0.0123. The minimum atomic E-state index is -3.16. The average molecular weight is 473 g/mol. The van der Waals surface area contributed by atoms with E-state index in [-0.39, 0.29) is 24.2 Å². The van der Waals surface area contributed by atoms with Crippen LogP contribution in [0.15, 0.2) is 30.3 Å². The Bertz CT molecular complexity index is 774. The molecule has 1 aromatic carbocycles. The summed E-state index contributed by atoms with van der Waals surface area (Å²) in [5.74, 6) is -1.95. The van der Waals surface area contributed by atoms with Gasteiger partial charge in [-0.15, -0.1) is 0 Å². The number of esters is 2. The van der Waals surface area contributed by atoms with Crippen molar-refractivity contribution in [1.29, 1.82) is 0 Å². The highest BCUT2D eigenvalue weighted by Crippen LogP contribution is 2.46. The van der Waals surface area contributed by atoms with Gasteiger partial charge in [0, 0.05) is 12.8 Å². The van der Waals surface area contributed by atoms with Crippen molar-refractivity contribution in [3.63, 3.8) is 0 Å². The number of rotatable bonds is 11. The molecule has 0 amide bonds. The van der Waals surface area contributed by atoms with E-state index >= 15 is 0 Å². The van der Waals surface area contributed by atoms with E-state index in [0.29, 0.717) is 0 Å². The molecule has 0 spiro atoms. The topological polar surface area (TPSA) is 88.1 Å². The molecule has 0 saturated heterocycles. The number of benzene rings is 1. The highest BCUT2D eigenvalue weighted by molar-refractivity contribution is 7.58. The third-order valence-corrected chi connectivity index (χ3v) is 11.9. The van der Waals surface area contributed by atoms with Crippen LogP contribution >= 0.6 is 7.37 Å². The molecule has 0 heterocycles. The molecule has 176 valence electrons. The number of hydrogen-bond donors (Lipinski definition) is 0. The molecule has 0 aliphatic carbocycles. The smallest absolute Gasteiger partial charge is 0.333 e. The molecule has 0 bridgehead atoms. The summed E-state index contributed by atoms with van der Waals surface area (Å²) in [5.41, 5.74) is 0.882. The van der Waals surface area contributed by atoms with Crippen molar-refractivity contribution < 1.29 is 32.6 Å². The zero-order valence-electron chi connectivity index (χ0n) is 20.0. The van der Waals surface area contributed by atoms with Gasteiger partial charge in [0.15, 0.2) is 8.32 Å².